The zero-order valence-electron chi connectivity index (χ0n) is 10.9. The third-order valence-electron chi connectivity index (χ3n) is 2.47. The third-order valence-corrected chi connectivity index (χ3v) is 4.58. The molecule has 18 heavy (non-hydrogen) atoms. The van der Waals surface area contributed by atoms with Crippen molar-refractivity contribution < 1.29 is 9.66 Å². The van der Waals surface area contributed by atoms with Crippen LogP contribution in [0.2, 0.25) is 0 Å². The van der Waals surface area contributed by atoms with Crippen molar-refractivity contribution in [1.82, 2.24) is 4.72 Å². The van der Waals surface area contributed by atoms with Crippen LogP contribution in [0.1, 0.15) is 38.8 Å². The maximum atomic E-state index is 12.1. The van der Waals surface area contributed by atoms with Gasteiger partial charge < -0.3 is 9.66 Å². The Morgan fingerprint density at radius 3 is 2.61 bits per heavy atom. The van der Waals surface area contributed by atoms with Crippen LogP contribution in [0.4, 0.5) is 0 Å². The molecule has 0 fully saturated rings. The van der Waals surface area contributed by atoms with E-state index in [0.717, 1.165) is 10.0 Å². The molecule has 0 aliphatic heterocycles. The van der Waals surface area contributed by atoms with Gasteiger partial charge in [0, 0.05) is 22.4 Å². The van der Waals surface area contributed by atoms with E-state index in [-0.39, 0.29) is 17.4 Å². The first kappa shape index (κ1) is 16.0. The second-order valence-corrected chi connectivity index (χ2v) is 8.03. The molecule has 1 aromatic carbocycles. The predicted molar refractivity (Wildman–Crippen MR) is 79.6 cm³/mol. The van der Waals surface area contributed by atoms with Crippen LogP contribution in [0.25, 0.3) is 0 Å². The van der Waals surface area contributed by atoms with E-state index in [9.17, 15) is 4.55 Å². The first-order valence-electron chi connectivity index (χ1n) is 5.89. The van der Waals surface area contributed by atoms with Crippen molar-refractivity contribution in [2.24, 2.45) is 0 Å². The maximum Gasteiger partial charge on any atom is 0.136 e. The number of rotatable bonds is 5. The Morgan fingerprint density at radius 1 is 1.44 bits per heavy atom. The van der Waals surface area contributed by atoms with E-state index in [1.54, 1.807) is 0 Å². The largest absolute Gasteiger partial charge is 0.598 e. The van der Waals surface area contributed by atoms with Crippen molar-refractivity contribution in [2.45, 2.75) is 38.0 Å². The molecule has 0 aliphatic rings. The second-order valence-electron chi connectivity index (χ2n) is 5.12. The fraction of sp³-hybridized carbons (Fsp3) is 0.538. The van der Waals surface area contributed by atoms with Gasteiger partial charge in [-0.2, -0.15) is 0 Å². The monoisotopic (exact) mass is 333 g/mol. The van der Waals surface area contributed by atoms with Gasteiger partial charge >= 0.3 is 0 Å². The summed E-state index contributed by atoms with van der Waals surface area (Å²) in [5, 5.41) is 9.13. The van der Waals surface area contributed by atoms with Crippen LogP contribution in [-0.2, 0) is 11.4 Å². The number of aliphatic hydroxyl groups is 1. The zero-order valence-corrected chi connectivity index (χ0v) is 13.3. The molecule has 0 unspecified atom stereocenters. The first-order valence-corrected chi connectivity index (χ1v) is 7.83. The van der Waals surface area contributed by atoms with E-state index in [1.807, 2.05) is 45.0 Å². The lowest BCUT2D eigenvalue weighted by atomic mass is 10.1. The van der Waals surface area contributed by atoms with E-state index in [0.29, 0.717) is 6.42 Å². The lowest BCUT2D eigenvalue weighted by Gasteiger charge is -2.28. The van der Waals surface area contributed by atoms with Gasteiger partial charge in [-0.3, -0.25) is 0 Å². The third kappa shape index (κ3) is 4.90. The van der Waals surface area contributed by atoms with E-state index in [1.165, 1.54) is 0 Å². The number of halogens is 1. The number of nitrogens with one attached hydrogen (secondary N) is 1. The minimum Gasteiger partial charge on any atom is -0.598 e. The second kappa shape index (κ2) is 6.91. The summed E-state index contributed by atoms with van der Waals surface area (Å²) in [5.74, 6) is 0. The highest BCUT2D eigenvalue weighted by Crippen LogP contribution is 2.24. The first-order chi connectivity index (χ1) is 8.34. The highest BCUT2D eigenvalue weighted by atomic mass is 79.9. The maximum absolute atomic E-state index is 12.1. The van der Waals surface area contributed by atoms with E-state index in [4.69, 9.17) is 5.11 Å². The lowest BCUT2D eigenvalue weighted by Crippen LogP contribution is -2.41. The van der Waals surface area contributed by atoms with Crippen LogP contribution < -0.4 is 4.72 Å². The Hall–Kier alpha value is -0.0700. The summed E-state index contributed by atoms with van der Waals surface area (Å²) in [6.45, 7) is 5.83. The Labute approximate surface area is 120 Å². The molecule has 0 saturated heterocycles. The van der Waals surface area contributed by atoms with Gasteiger partial charge in [-0.1, -0.05) is 28.1 Å². The van der Waals surface area contributed by atoms with E-state index >= 15 is 0 Å². The van der Waals surface area contributed by atoms with Crippen molar-refractivity contribution in [3.63, 3.8) is 0 Å². The Balaban J connectivity index is 2.83. The molecule has 0 spiro atoms. The molecule has 102 valence electrons. The van der Waals surface area contributed by atoms with Gasteiger partial charge in [0.2, 0.25) is 0 Å². The van der Waals surface area contributed by atoms with Crippen LogP contribution in [0.3, 0.4) is 0 Å². The highest BCUT2D eigenvalue weighted by molar-refractivity contribution is 9.10. The summed E-state index contributed by atoms with van der Waals surface area (Å²) in [4.78, 5) is 0. The number of benzene rings is 1. The predicted octanol–water partition coefficient (Wildman–Crippen LogP) is 2.92. The summed E-state index contributed by atoms with van der Waals surface area (Å²) in [6, 6.07) is 7.73. The van der Waals surface area contributed by atoms with Crippen LogP contribution in [0, 0.1) is 0 Å². The molecule has 0 bridgehead atoms. The lowest BCUT2D eigenvalue weighted by molar-refractivity contribution is 0.272. The number of hydrogen-bond acceptors (Lipinski definition) is 3. The van der Waals surface area contributed by atoms with Crippen LogP contribution in [-0.4, -0.2) is 21.0 Å². The normalized spacial score (nSPS) is 15.4. The molecule has 2 N–H and O–H groups in total. The molecule has 0 saturated carbocycles. The minimum absolute atomic E-state index is 0.0610. The topological polar surface area (TPSA) is 55.3 Å². The van der Waals surface area contributed by atoms with Gasteiger partial charge in [-0.25, -0.2) is 0 Å². The molecule has 1 rings (SSSR count). The van der Waals surface area contributed by atoms with Gasteiger partial charge in [0.25, 0.3) is 0 Å². The molecule has 2 atom stereocenters. The fourth-order valence-corrected chi connectivity index (χ4v) is 2.73. The number of hydrogen-bond donors (Lipinski definition) is 2. The average Bonchev–Trinajstić information content (AvgIpc) is 2.27. The molecule has 0 aromatic heterocycles. The fourth-order valence-electron chi connectivity index (χ4n) is 1.45. The molecule has 0 amide bonds. The molecule has 0 aliphatic carbocycles. The van der Waals surface area contributed by atoms with Crippen LogP contribution >= 0.6 is 15.9 Å². The van der Waals surface area contributed by atoms with Gasteiger partial charge in [0.05, 0.1) is 6.04 Å². The standard InChI is InChI=1S/C13H20BrNO2S/c1-13(2,3)18(17)15-12(7-8-16)10-5-4-6-11(14)9-10/h4-6,9,12,15-16H,7-8H2,1-3H3/t12-,18+/m0/s1. The van der Waals surface area contributed by atoms with Crippen molar-refractivity contribution >= 4 is 27.3 Å². The molecule has 5 heteroatoms. The molecule has 0 radical (unpaired) electrons. The van der Waals surface area contributed by atoms with E-state index < -0.39 is 11.4 Å². The molecular weight excluding hydrogens is 314 g/mol. The van der Waals surface area contributed by atoms with Crippen molar-refractivity contribution in [3.05, 3.63) is 34.3 Å². The van der Waals surface area contributed by atoms with Gasteiger partial charge in [0.15, 0.2) is 0 Å². The Morgan fingerprint density at radius 2 is 2.11 bits per heavy atom. The van der Waals surface area contributed by atoms with Crippen LogP contribution in [0.5, 0.6) is 0 Å². The smallest absolute Gasteiger partial charge is 0.136 e. The summed E-state index contributed by atoms with van der Waals surface area (Å²) >= 11 is 2.27. The molecule has 1 aromatic rings. The number of aliphatic hydroxyl groups excluding tert-OH is 1. The van der Waals surface area contributed by atoms with Gasteiger partial charge in [-0.05, 0) is 44.9 Å². The van der Waals surface area contributed by atoms with E-state index in [2.05, 4.69) is 20.7 Å². The highest BCUT2D eigenvalue weighted by Gasteiger charge is 2.29. The molecule has 3 nitrogen and oxygen atoms in total. The molecular formula is C13H20BrNO2S. The summed E-state index contributed by atoms with van der Waals surface area (Å²) in [5.41, 5.74) is 1.02. The zero-order chi connectivity index (χ0) is 13.8. The van der Waals surface area contributed by atoms with Gasteiger partial charge in [-0.15, -0.1) is 4.72 Å². The van der Waals surface area contributed by atoms with Crippen molar-refractivity contribution in [2.75, 3.05) is 6.61 Å². The Kier molecular flexibility index (Phi) is 6.14. The van der Waals surface area contributed by atoms with Crippen molar-refractivity contribution in [3.8, 4) is 0 Å². The van der Waals surface area contributed by atoms with Gasteiger partial charge in [0.1, 0.15) is 4.75 Å². The van der Waals surface area contributed by atoms with Crippen LogP contribution in [0.15, 0.2) is 28.7 Å². The quantitative estimate of drug-likeness (QED) is 0.814. The summed E-state index contributed by atoms with van der Waals surface area (Å²) < 4.78 is 15.9. The molecule has 0 heterocycles. The SMILES string of the molecule is CC(C)(C)[S@@+]([O-])N[C@@H](CCO)c1cccc(Br)c1. The Bertz CT molecular complexity index is 381. The summed E-state index contributed by atoms with van der Waals surface area (Å²) in [6.07, 6.45) is 0.540. The van der Waals surface area contributed by atoms with Crippen molar-refractivity contribution in [1.29, 1.82) is 0 Å². The minimum atomic E-state index is -1.15. The average molecular weight is 334 g/mol. The summed E-state index contributed by atoms with van der Waals surface area (Å²) in [7, 11) is 0.